The minimum atomic E-state index is 0.576. The van der Waals surface area contributed by atoms with Gasteiger partial charge in [0.05, 0.1) is 0 Å². The van der Waals surface area contributed by atoms with Crippen LogP contribution in [0.1, 0.15) is 31.7 Å². The summed E-state index contributed by atoms with van der Waals surface area (Å²) in [6.45, 7) is 6.09. The Hall–Kier alpha value is -0.860. The van der Waals surface area contributed by atoms with Gasteiger partial charge in [-0.2, -0.15) is 0 Å². The van der Waals surface area contributed by atoms with Crippen molar-refractivity contribution in [1.82, 2.24) is 10.2 Å². The first-order valence-electron chi connectivity index (χ1n) is 8.14. The van der Waals surface area contributed by atoms with E-state index in [0.717, 1.165) is 12.0 Å². The van der Waals surface area contributed by atoms with Gasteiger partial charge in [-0.25, -0.2) is 0 Å². The van der Waals surface area contributed by atoms with Gasteiger partial charge in [0.15, 0.2) is 0 Å². The van der Waals surface area contributed by atoms with Gasteiger partial charge in [-0.1, -0.05) is 30.3 Å². The standard InChI is InChI=1S/C18H28N2/c1-15-13-18(9-11-20(15)2)8-10-19-14-17(18)12-16-6-4-3-5-7-16/h3-7,15,17,19H,8-14H2,1-2H3. The number of piperidine rings is 2. The maximum absolute atomic E-state index is 3.64. The van der Waals surface area contributed by atoms with Crippen LogP contribution >= 0.6 is 0 Å². The molecule has 3 unspecified atom stereocenters. The second kappa shape index (κ2) is 5.87. The summed E-state index contributed by atoms with van der Waals surface area (Å²) in [6, 6.07) is 11.8. The smallest absolute Gasteiger partial charge is 0.00693 e. The highest BCUT2D eigenvalue weighted by molar-refractivity contribution is 5.16. The third-order valence-corrected chi connectivity index (χ3v) is 5.80. The summed E-state index contributed by atoms with van der Waals surface area (Å²) in [5.41, 5.74) is 2.08. The van der Waals surface area contributed by atoms with Gasteiger partial charge in [0.2, 0.25) is 0 Å². The maximum atomic E-state index is 3.64. The van der Waals surface area contributed by atoms with Crippen LogP contribution in [-0.4, -0.2) is 37.6 Å². The van der Waals surface area contributed by atoms with E-state index in [-0.39, 0.29) is 0 Å². The number of benzene rings is 1. The zero-order chi connectivity index (χ0) is 14.0. The van der Waals surface area contributed by atoms with E-state index in [1.54, 1.807) is 0 Å². The van der Waals surface area contributed by atoms with Crippen LogP contribution in [0, 0.1) is 11.3 Å². The summed E-state index contributed by atoms with van der Waals surface area (Å²) in [5.74, 6) is 0.801. The Morgan fingerprint density at radius 2 is 2.05 bits per heavy atom. The van der Waals surface area contributed by atoms with E-state index < -0.39 is 0 Å². The second-order valence-electron chi connectivity index (χ2n) is 6.99. The molecule has 3 atom stereocenters. The van der Waals surface area contributed by atoms with Crippen molar-refractivity contribution in [2.24, 2.45) is 11.3 Å². The number of nitrogens with zero attached hydrogens (tertiary/aromatic N) is 1. The van der Waals surface area contributed by atoms with Crippen LogP contribution in [0.4, 0.5) is 0 Å². The zero-order valence-corrected chi connectivity index (χ0v) is 12.9. The predicted octanol–water partition coefficient (Wildman–Crippen LogP) is 2.94. The molecule has 1 N–H and O–H groups in total. The summed E-state index contributed by atoms with van der Waals surface area (Å²) < 4.78 is 0. The Bertz CT molecular complexity index is 430. The van der Waals surface area contributed by atoms with Gasteiger partial charge >= 0.3 is 0 Å². The number of hydrogen-bond acceptors (Lipinski definition) is 2. The molecule has 0 aromatic heterocycles. The van der Waals surface area contributed by atoms with Crippen molar-refractivity contribution in [3.63, 3.8) is 0 Å². The molecule has 20 heavy (non-hydrogen) atoms. The third kappa shape index (κ3) is 2.77. The molecular weight excluding hydrogens is 244 g/mol. The Labute approximate surface area is 123 Å². The molecular formula is C18H28N2. The summed E-state index contributed by atoms with van der Waals surface area (Å²) in [4.78, 5) is 2.53. The molecule has 2 heterocycles. The minimum Gasteiger partial charge on any atom is -0.316 e. The number of nitrogens with one attached hydrogen (secondary N) is 1. The fourth-order valence-electron chi connectivity index (χ4n) is 4.29. The molecule has 1 aromatic carbocycles. The normalized spacial score (nSPS) is 35.3. The number of rotatable bonds is 2. The molecule has 0 aliphatic carbocycles. The van der Waals surface area contributed by atoms with E-state index in [1.165, 1.54) is 50.9 Å². The number of likely N-dealkylation sites (tertiary alicyclic amines) is 1. The average Bonchev–Trinajstić information content (AvgIpc) is 2.47. The Balaban J connectivity index is 1.77. The van der Waals surface area contributed by atoms with E-state index in [1.807, 2.05) is 0 Å². The van der Waals surface area contributed by atoms with Crippen LogP contribution in [0.5, 0.6) is 0 Å². The van der Waals surface area contributed by atoms with Crippen LogP contribution in [-0.2, 0) is 6.42 Å². The molecule has 2 aliphatic rings. The third-order valence-electron chi connectivity index (χ3n) is 5.80. The molecule has 2 saturated heterocycles. The molecule has 110 valence electrons. The summed E-state index contributed by atoms with van der Waals surface area (Å²) in [7, 11) is 2.28. The van der Waals surface area contributed by atoms with E-state index in [2.05, 4.69) is 54.5 Å². The van der Waals surface area contributed by atoms with Gasteiger partial charge in [-0.05, 0) is 76.2 Å². The molecule has 0 bridgehead atoms. The molecule has 0 saturated carbocycles. The van der Waals surface area contributed by atoms with Crippen LogP contribution in [0.25, 0.3) is 0 Å². The summed E-state index contributed by atoms with van der Waals surface area (Å²) in [5, 5.41) is 3.64. The van der Waals surface area contributed by atoms with Crippen molar-refractivity contribution < 1.29 is 0 Å². The van der Waals surface area contributed by atoms with E-state index in [4.69, 9.17) is 0 Å². The van der Waals surface area contributed by atoms with Gasteiger partial charge in [0, 0.05) is 6.04 Å². The van der Waals surface area contributed by atoms with Gasteiger partial charge in [0.1, 0.15) is 0 Å². The molecule has 2 fully saturated rings. The lowest BCUT2D eigenvalue weighted by Gasteiger charge is -2.51. The summed E-state index contributed by atoms with van der Waals surface area (Å²) in [6.07, 6.45) is 5.36. The first-order chi connectivity index (χ1) is 9.70. The maximum Gasteiger partial charge on any atom is 0.00693 e. The predicted molar refractivity (Wildman–Crippen MR) is 84.9 cm³/mol. The van der Waals surface area contributed by atoms with Crippen molar-refractivity contribution in [2.75, 3.05) is 26.7 Å². The molecule has 2 heteroatoms. The van der Waals surface area contributed by atoms with E-state index >= 15 is 0 Å². The fourth-order valence-corrected chi connectivity index (χ4v) is 4.29. The number of hydrogen-bond donors (Lipinski definition) is 1. The van der Waals surface area contributed by atoms with Crippen molar-refractivity contribution in [1.29, 1.82) is 0 Å². The SMILES string of the molecule is CC1CC2(CCNCC2Cc2ccccc2)CCN1C. The monoisotopic (exact) mass is 272 g/mol. The highest BCUT2D eigenvalue weighted by Crippen LogP contribution is 2.46. The lowest BCUT2D eigenvalue weighted by molar-refractivity contribution is 0.00345. The topological polar surface area (TPSA) is 15.3 Å². The fraction of sp³-hybridized carbons (Fsp3) is 0.667. The first-order valence-corrected chi connectivity index (χ1v) is 8.14. The van der Waals surface area contributed by atoms with Gasteiger partial charge < -0.3 is 10.2 Å². The van der Waals surface area contributed by atoms with E-state index in [9.17, 15) is 0 Å². The van der Waals surface area contributed by atoms with Crippen molar-refractivity contribution >= 4 is 0 Å². The minimum absolute atomic E-state index is 0.576. The molecule has 2 nitrogen and oxygen atoms in total. The van der Waals surface area contributed by atoms with Crippen molar-refractivity contribution in [2.45, 2.75) is 38.6 Å². The van der Waals surface area contributed by atoms with Crippen molar-refractivity contribution in [3.8, 4) is 0 Å². The highest BCUT2D eigenvalue weighted by Gasteiger charge is 2.44. The Kier molecular flexibility index (Phi) is 4.13. The van der Waals surface area contributed by atoms with Crippen LogP contribution in [0.2, 0.25) is 0 Å². The molecule has 0 radical (unpaired) electrons. The van der Waals surface area contributed by atoms with Gasteiger partial charge in [0.25, 0.3) is 0 Å². The van der Waals surface area contributed by atoms with Crippen molar-refractivity contribution in [3.05, 3.63) is 35.9 Å². The molecule has 1 aromatic rings. The molecule has 2 aliphatic heterocycles. The van der Waals surface area contributed by atoms with Crippen LogP contribution < -0.4 is 5.32 Å². The molecule has 0 amide bonds. The summed E-state index contributed by atoms with van der Waals surface area (Å²) >= 11 is 0. The Morgan fingerprint density at radius 3 is 2.80 bits per heavy atom. The largest absolute Gasteiger partial charge is 0.316 e. The average molecular weight is 272 g/mol. The lowest BCUT2D eigenvalue weighted by atomic mass is 9.62. The Morgan fingerprint density at radius 1 is 1.25 bits per heavy atom. The van der Waals surface area contributed by atoms with Crippen LogP contribution in [0.3, 0.4) is 0 Å². The lowest BCUT2D eigenvalue weighted by Crippen LogP contribution is -2.53. The van der Waals surface area contributed by atoms with Gasteiger partial charge in [-0.3, -0.25) is 0 Å². The zero-order valence-electron chi connectivity index (χ0n) is 12.9. The van der Waals surface area contributed by atoms with Gasteiger partial charge in [-0.15, -0.1) is 0 Å². The molecule has 3 rings (SSSR count). The highest BCUT2D eigenvalue weighted by atomic mass is 15.1. The van der Waals surface area contributed by atoms with Crippen LogP contribution in [0.15, 0.2) is 30.3 Å². The quantitative estimate of drug-likeness (QED) is 0.890. The molecule has 1 spiro atoms. The first kappa shape index (κ1) is 14.1. The van der Waals surface area contributed by atoms with E-state index in [0.29, 0.717) is 5.41 Å². The second-order valence-corrected chi connectivity index (χ2v) is 6.99.